The van der Waals surface area contributed by atoms with E-state index in [1.165, 1.54) is 38.5 Å². The van der Waals surface area contributed by atoms with Crippen molar-refractivity contribution in [3.8, 4) is 0 Å². The topological polar surface area (TPSA) is 65.5 Å². The lowest BCUT2D eigenvalue weighted by Crippen LogP contribution is -2.55. The molecule has 1 N–H and O–H groups in total. The predicted molar refractivity (Wildman–Crippen MR) is 120 cm³/mol. The van der Waals surface area contributed by atoms with Crippen LogP contribution in [0.1, 0.15) is 58.3 Å². The molecule has 4 bridgehead atoms. The average Bonchev–Trinajstić information content (AvgIpc) is 2.77. The van der Waals surface area contributed by atoms with Crippen LogP contribution in [-0.2, 0) is 9.59 Å². The van der Waals surface area contributed by atoms with Gasteiger partial charge in [-0.2, -0.15) is 0 Å². The molecule has 31 heavy (non-hydrogen) atoms. The number of rotatable bonds is 6. The maximum atomic E-state index is 12.7. The van der Waals surface area contributed by atoms with Crippen LogP contribution in [0.2, 0.25) is 0 Å². The number of anilines is 1. The Kier molecular flexibility index (Phi) is 5.65. The standard InChI is InChI=1S/C25H36N4O2/c1-18(25-15-19-12-20(16-25)14-21(13-19)17-25)27-23(30)5-6-24(31)29-10-8-28(9-11-29)22-4-2-3-7-26-22/h2-4,7,18-21H,5-6,8-17H2,1H3,(H,27,30)/t18-,19?,20?,21?,25?/m1/s1. The molecule has 2 heterocycles. The normalized spacial score (nSPS) is 32.7. The Balaban J connectivity index is 1.07. The molecular weight excluding hydrogens is 388 g/mol. The molecule has 0 unspecified atom stereocenters. The zero-order valence-electron chi connectivity index (χ0n) is 18.8. The van der Waals surface area contributed by atoms with Gasteiger partial charge in [0.05, 0.1) is 0 Å². The van der Waals surface area contributed by atoms with Crippen LogP contribution in [0.5, 0.6) is 0 Å². The van der Waals surface area contributed by atoms with E-state index in [0.29, 0.717) is 31.3 Å². The van der Waals surface area contributed by atoms with Crippen LogP contribution < -0.4 is 10.2 Å². The van der Waals surface area contributed by atoms with Crippen molar-refractivity contribution < 1.29 is 9.59 Å². The fourth-order valence-corrected chi connectivity index (χ4v) is 7.28. The first-order valence-electron chi connectivity index (χ1n) is 12.2. The van der Waals surface area contributed by atoms with Crippen LogP contribution in [0.4, 0.5) is 5.82 Å². The Hall–Kier alpha value is -2.11. The third kappa shape index (κ3) is 4.31. The van der Waals surface area contributed by atoms with Gasteiger partial charge in [0, 0.05) is 51.3 Å². The van der Waals surface area contributed by atoms with Gasteiger partial charge in [-0.25, -0.2) is 4.98 Å². The van der Waals surface area contributed by atoms with E-state index in [4.69, 9.17) is 0 Å². The second-order valence-electron chi connectivity index (χ2n) is 10.6. The zero-order valence-corrected chi connectivity index (χ0v) is 18.8. The smallest absolute Gasteiger partial charge is 0.223 e. The number of hydrogen-bond acceptors (Lipinski definition) is 4. The summed E-state index contributed by atoms with van der Waals surface area (Å²) in [4.78, 5) is 33.8. The van der Waals surface area contributed by atoms with E-state index >= 15 is 0 Å². The summed E-state index contributed by atoms with van der Waals surface area (Å²) in [6.45, 7) is 5.18. The minimum atomic E-state index is 0.0451. The van der Waals surface area contributed by atoms with Crippen LogP contribution in [0.15, 0.2) is 24.4 Å². The Morgan fingerprint density at radius 1 is 1.03 bits per heavy atom. The number of carbonyl (C=O) groups is 2. The Morgan fingerprint density at radius 2 is 1.68 bits per heavy atom. The van der Waals surface area contributed by atoms with Crippen molar-refractivity contribution in [2.45, 2.75) is 64.3 Å². The van der Waals surface area contributed by atoms with Gasteiger partial charge in [0.15, 0.2) is 0 Å². The molecule has 6 heteroatoms. The van der Waals surface area contributed by atoms with Crippen molar-refractivity contribution in [1.29, 1.82) is 0 Å². The summed E-state index contributed by atoms with van der Waals surface area (Å²) in [5, 5.41) is 3.30. The van der Waals surface area contributed by atoms with Gasteiger partial charge >= 0.3 is 0 Å². The molecule has 1 aromatic rings. The molecule has 6 nitrogen and oxygen atoms in total. The number of nitrogens with zero attached hydrogens (tertiary/aromatic N) is 3. The number of carbonyl (C=O) groups excluding carboxylic acids is 2. The number of pyridine rings is 1. The number of nitrogens with one attached hydrogen (secondary N) is 1. The zero-order chi connectivity index (χ0) is 21.4. The summed E-state index contributed by atoms with van der Waals surface area (Å²) >= 11 is 0. The minimum absolute atomic E-state index is 0.0451. The van der Waals surface area contributed by atoms with E-state index in [1.807, 2.05) is 23.1 Å². The van der Waals surface area contributed by atoms with Crippen molar-refractivity contribution in [3.05, 3.63) is 24.4 Å². The number of hydrogen-bond donors (Lipinski definition) is 1. The Morgan fingerprint density at radius 3 is 2.26 bits per heavy atom. The first-order valence-corrected chi connectivity index (χ1v) is 12.2. The highest BCUT2D eigenvalue weighted by Gasteiger charge is 2.53. The van der Waals surface area contributed by atoms with Gasteiger partial charge in [-0.15, -0.1) is 0 Å². The molecule has 0 aromatic carbocycles. The maximum absolute atomic E-state index is 12.7. The van der Waals surface area contributed by atoms with Crippen molar-refractivity contribution in [1.82, 2.24) is 15.2 Å². The van der Waals surface area contributed by atoms with E-state index in [1.54, 1.807) is 6.20 Å². The molecule has 1 saturated heterocycles. The van der Waals surface area contributed by atoms with E-state index in [9.17, 15) is 9.59 Å². The molecule has 5 aliphatic rings. The van der Waals surface area contributed by atoms with Gasteiger partial charge in [0.1, 0.15) is 5.82 Å². The summed E-state index contributed by atoms with van der Waals surface area (Å²) in [7, 11) is 0. The quantitative estimate of drug-likeness (QED) is 0.761. The monoisotopic (exact) mass is 424 g/mol. The molecule has 1 atom stereocenters. The highest BCUT2D eigenvalue weighted by molar-refractivity contribution is 5.84. The maximum Gasteiger partial charge on any atom is 0.223 e. The molecule has 0 spiro atoms. The number of aromatic nitrogens is 1. The lowest BCUT2D eigenvalue weighted by molar-refractivity contribution is -0.134. The molecule has 1 aliphatic heterocycles. The summed E-state index contributed by atoms with van der Waals surface area (Å²) in [5.74, 6) is 3.76. The Labute approximate surface area is 185 Å². The highest BCUT2D eigenvalue weighted by Crippen LogP contribution is 2.61. The largest absolute Gasteiger partial charge is 0.353 e. The second-order valence-corrected chi connectivity index (χ2v) is 10.6. The van der Waals surface area contributed by atoms with Crippen LogP contribution in [-0.4, -0.2) is 53.9 Å². The summed E-state index contributed by atoms with van der Waals surface area (Å²) < 4.78 is 0. The van der Waals surface area contributed by atoms with Gasteiger partial charge in [0.25, 0.3) is 0 Å². The summed E-state index contributed by atoms with van der Waals surface area (Å²) in [5.41, 5.74) is 0.316. The highest BCUT2D eigenvalue weighted by atomic mass is 16.2. The molecule has 4 aliphatic carbocycles. The van der Waals surface area contributed by atoms with Gasteiger partial charge in [-0.1, -0.05) is 6.07 Å². The van der Waals surface area contributed by atoms with Crippen molar-refractivity contribution >= 4 is 17.6 Å². The molecule has 4 saturated carbocycles. The summed E-state index contributed by atoms with van der Waals surface area (Å²) in [6, 6.07) is 6.14. The first kappa shape index (κ1) is 20.8. The average molecular weight is 425 g/mol. The van der Waals surface area contributed by atoms with Crippen LogP contribution in [0.25, 0.3) is 0 Å². The van der Waals surface area contributed by atoms with Crippen molar-refractivity contribution in [2.24, 2.45) is 23.2 Å². The van der Waals surface area contributed by atoms with Gasteiger partial charge in [-0.3, -0.25) is 9.59 Å². The predicted octanol–water partition coefficient (Wildman–Crippen LogP) is 3.23. The lowest BCUT2D eigenvalue weighted by atomic mass is 9.48. The van der Waals surface area contributed by atoms with Gasteiger partial charge in [-0.05, 0) is 80.8 Å². The third-order valence-electron chi connectivity index (χ3n) is 8.55. The van der Waals surface area contributed by atoms with Crippen molar-refractivity contribution in [2.75, 3.05) is 31.1 Å². The third-order valence-corrected chi connectivity index (χ3v) is 8.55. The van der Waals surface area contributed by atoms with Crippen LogP contribution >= 0.6 is 0 Å². The van der Waals surface area contributed by atoms with E-state index < -0.39 is 0 Å². The lowest BCUT2D eigenvalue weighted by Gasteiger charge is -2.59. The molecule has 2 amide bonds. The van der Waals surface area contributed by atoms with Gasteiger partial charge < -0.3 is 15.1 Å². The minimum Gasteiger partial charge on any atom is -0.353 e. The van der Waals surface area contributed by atoms with Crippen LogP contribution in [0, 0.1) is 23.2 Å². The Bertz CT molecular complexity index is 768. The fraction of sp³-hybridized carbons (Fsp3) is 0.720. The SMILES string of the molecule is C[C@@H](NC(=O)CCC(=O)N1CCN(c2ccccn2)CC1)C12CC3CC(CC(C3)C1)C2. The first-order chi connectivity index (χ1) is 15.0. The summed E-state index contributed by atoms with van der Waals surface area (Å²) in [6.07, 6.45) is 10.5. The molecule has 168 valence electrons. The molecule has 6 rings (SSSR count). The second kappa shape index (κ2) is 8.44. The van der Waals surface area contributed by atoms with Crippen LogP contribution in [0.3, 0.4) is 0 Å². The number of piperazine rings is 1. The fourth-order valence-electron chi connectivity index (χ4n) is 7.28. The molecular formula is C25H36N4O2. The van der Waals surface area contributed by atoms with E-state index in [2.05, 4.69) is 22.1 Å². The molecule has 0 radical (unpaired) electrons. The van der Waals surface area contributed by atoms with Gasteiger partial charge in [0.2, 0.25) is 11.8 Å². The van der Waals surface area contributed by atoms with E-state index in [-0.39, 0.29) is 17.9 Å². The molecule has 1 aromatic heterocycles. The van der Waals surface area contributed by atoms with E-state index in [0.717, 1.165) is 36.7 Å². The van der Waals surface area contributed by atoms with Crippen molar-refractivity contribution in [3.63, 3.8) is 0 Å². The molecule has 5 fully saturated rings. The number of amides is 2.